The van der Waals surface area contributed by atoms with Gasteiger partial charge in [0.05, 0.1) is 0 Å². The molecule has 0 aromatic rings. The first-order valence-electron chi connectivity index (χ1n) is 9.70. The van der Waals surface area contributed by atoms with Crippen LogP contribution in [-0.2, 0) is 0 Å². The van der Waals surface area contributed by atoms with Gasteiger partial charge in [0.15, 0.2) is 0 Å². The molecule has 1 nitrogen and oxygen atoms in total. The van der Waals surface area contributed by atoms with Gasteiger partial charge in [0.25, 0.3) is 0 Å². The third kappa shape index (κ3) is 2.94. The van der Waals surface area contributed by atoms with Crippen LogP contribution in [0, 0.1) is 23.2 Å². The Morgan fingerprint density at radius 2 is 2.05 bits per heavy atom. The van der Waals surface area contributed by atoms with Gasteiger partial charge in [-0.1, -0.05) is 30.6 Å². The molecule has 5 unspecified atom stereocenters. The maximum Gasteiger partial charge on any atom is 0.00985 e. The van der Waals surface area contributed by atoms with Crippen molar-refractivity contribution in [3.63, 3.8) is 0 Å². The first kappa shape index (κ1) is 16.3. The Bertz CT molecular complexity index is 424. The molecule has 5 atom stereocenters. The summed E-state index contributed by atoms with van der Waals surface area (Å²) in [5.74, 6) is 2.70. The van der Waals surface area contributed by atoms with Crippen molar-refractivity contribution in [3.05, 3.63) is 24.3 Å². The van der Waals surface area contributed by atoms with Gasteiger partial charge >= 0.3 is 0 Å². The largest absolute Gasteiger partial charge is 0.327 e. The molecule has 22 heavy (non-hydrogen) atoms. The summed E-state index contributed by atoms with van der Waals surface area (Å²) in [6.07, 6.45) is 19.4. The Hall–Kier alpha value is -0.560. The summed E-state index contributed by atoms with van der Waals surface area (Å²) in [6, 6.07) is 0.436. The first-order valence-corrected chi connectivity index (χ1v) is 9.70. The molecule has 3 fully saturated rings. The molecular weight excluding hydrogens is 266 g/mol. The Labute approximate surface area is 137 Å². The Balaban J connectivity index is 1.75. The summed E-state index contributed by atoms with van der Waals surface area (Å²) >= 11 is 0. The number of hydrogen-bond acceptors (Lipinski definition) is 1. The molecule has 0 aliphatic heterocycles. The highest BCUT2D eigenvalue weighted by atomic mass is 14.7. The molecule has 3 aliphatic carbocycles. The molecule has 0 radical (unpaired) electrons. The summed E-state index contributed by atoms with van der Waals surface area (Å²) in [4.78, 5) is 0. The third-order valence-corrected chi connectivity index (χ3v) is 7.39. The lowest BCUT2D eigenvalue weighted by Crippen LogP contribution is -2.47. The van der Waals surface area contributed by atoms with Gasteiger partial charge in [-0.2, -0.15) is 0 Å². The second kappa shape index (κ2) is 6.91. The number of hydrogen-bond donors (Lipinski definition) is 1. The molecule has 0 aromatic heterocycles. The molecule has 1 heteroatoms. The fourth-order valence-electron chi connectivity index (χ4n) is 6.04. The average molecular weight is 302 g/mol. The van der Waals surface area contributed by atoms with Gasteiger partial charge in [-0.3, -0.25) is 0 Å². The molecule has 0 aromatic carbocycles. The van der Waals surface area contributed by atoms with E-state index in [0.29, 0.717) is 11.5 Å². The summed E-state index contributed by atoms with van der Waals surface area (Å²) in [7, 11) is 0. The molecule has 1 spiro atoms. The van der Waals surface area contributed by atoms with E-state index in [1.807, 2.05) is 0 Å². The SMILES string of the molecule is C=CCC1CCCC2(CCC3CC/C(=C/C)CC32)C(N)CC1. The Morgan fingerprint density at radius 1 is 1.18 bits per heavy atom. The molecular formula is C21H35N. The van der Waals surface area contributed by atoms with Gasteiger partial charge in [0.1, 0.15) is 0 Å². The van der Waals surface area contributed by atoms with Gasteiger partial charge < -0.3 is 5.73 Å². The smallest absolute Gasteiger partial charge is 0.00985 e. The normalized spacial score (nSPS) is 44.5. The number of allylic oxidation sites excluding steroid dienone is 3. The number of fused-ring (bicyclic) bond motifs is 2. The van der Waals surface area contributed by atoms with Gasteiger partial charge in [-0.05, 0) is 87.9 Å². The maximum absolute atomic E-state index is 6.85. The van der Waals surface area contributed by atoms with E-state index < -0.39 is 0 Å². The van der Waals surface area contributed by atoms with Crippen molar-refractivity contribution in [1.29, 1.82) is 0 Å². The van der Waals surface area contributed by atoms with Gasteiger partial charge in [-0.15, -0.1) is 6.58 Å². The highest BCUT2D eigenvalue weighted by Gasteiger charge is 2.52. The van der Waals surface area contributed by atoms with Crippen LogP contribution in [0.1, 0.15) is 77.6 Å². The van der Waals surface area contributed by atoms with Gasteiger partial charge in [0, 0.05) is 6.04 Å². The number of rotatable bonds is 2. The van der Waals surface area contributed by atoms with Crippen molar-refractivity contribution in [2.24, 2.45) is 28.9 Å². The predicted octanol–water partition coefficient (Wildman–Crippen LogP) is 5.61. The van der Waals surface area contributed by atoms with E-state index in [1.54, 1.807) is 5.57 Å². The van der Waals surface area contributed by atoms with E-state index in [9.17, 15) is 0 Å². The van der Waals surface area contributed by atoms with Crippen molar-refractivity contribution in [3.8, 4) is 0 Å². The average Bonchev–Trinajstić information content (AvgIpc) is 2.90. The van der Waals surface area contributed by atoms with Crippen LogP contribution < -0.4 is 5.73 Å². The van der Waals surface area contributed by atoms with Crippen molar-refractivity contribution in [2.45, 2.75) is 83.6 Å². The van der Waals surface area contributed by atoms with E-state index in [1.165, 1.54) is 70.6 Å². The molecule has 3 aliphatic rings. The van der Waals surface area contributed by atoms with Crippen molar-refractivity contribution in [1.82, 2.24) is 0 Å². The first-order chi connectivity index (χ1) is 10.7. The molecule has 2 N–H and O–H groups in total. The third-order valence-electron chi connectivity index (χ3n) is 7.39. The fourth-order valence-corrected chi connectivity index (χ4v) is 6.04. The van der Waals surface area contributed by atoms with E-state index in [2.05, 4.69) is 25.7 Å². The summed E-state index contributed by atoms with van der Waals surface area (Å²) in [5, 5.41) is 0. The number of nitrogens with two attached hydrogens (primary N) is 1. The monoisotopic (exact) mass is 301 g/mol. The lowest BCUT2D eigenvalue weighted by atomic mass is 9.60. The summed E-state index contributed by atoms with van der Waals surface area (Å²) in [6.45, 7) is 6.16. The second-order valence-corrected chi connectivity index (χ2v) is 8.29. The summed E-state index contributed by atoms with van der Waals surface area (Å²) in [5.41, 5.74) is 9.03. The molecule has 0 amide bonds. The van der Waals surface area contributed by atoms with Crippen LogP contribution in [0.25, 0.3) is 0 Å². The molecule has 3 rings (SSSR count). The standard InChI is InChI=1S/C21H35N/c1-3-6-17-7-5-13-21(20(22)11-9-17)14-12-18-10-8-16(4-2)15-19(18)21/h3-4,17-20H,1,5-15,22H2,2H3/b16-4-. The van der Waals surface area contributed by atoms with E-state index >= 15 is 0 Å². The zero-order valence-electron chi connectivity index (χ0n) is 14.5. The lowest BCUT2D eigenvalue weighted by Gasteiger charge is -2.46. The molecule has 0 bridgehead atoms. The van der Waals surface area contributed by atoms with Crippen LogP contribution in [-0.4, -0.2) is 6.04 Å². The minimum atomic E-state index is 0.436. The molecule has 124 valence electrons. The van der Waals surface area contributed by atoms with Gasteiger partial charge in [-0.25, -0.2) is 0 Å². The van der Waals surface area contributed by atoms with Crippen molar-refractivity contribution >= 4 is 0 Å². The zero-order chi connectivity index (χ0) is 15.6. The predicted molar refractivity (Wildman–Crippen MR) is 95.6 cm³/mol. The Kier molecular flexibility index (Phi) is 5.12. The van der Waals surface area contributed by atoms with Crippen molar-refractivity contribution < 1.29 is 0 Å². The van der Waals surface area contributed by atoms with Crippen molar-refractivity contribution in [2.75, 3.05) is 0 Å². The highest BCUT2D eigenvalue weighted by Crippen LogP contribution is 2.59. The fraction of sp³-hybridized carbons (Fsp3) is 0.810. The molecule has 0 saturated heterocycles. The van der Waals surface area contributed by atoms with E-state index in [-0.39, 0.29) is 0 Å². The molecule has 0 heterocycles. The second-order valence-electron chi connectivity index (χ2n) is 8.29. The minimum Gasteiger partial charge on any atom is -0.327 e. The van der Waals surface area contributed by atoms with Crippen LogP contribution >= 0.6 is 0 Å². The summed E-state index contributed by atoms with van der Waals surface area (Å²) < 4.78 is 0. The topological polar surface area (TPSA) is 26.0 Å². The van der Waals surface area contributed by atoms with Crippen LogP contribution in [0.2, 0.25) is 0 Å². The van der Waals surface area contributed by atoms with E-state index in [4.69, 9.17) is 5.73 Å². The van der Waals surface area contributed by atoms with E-state index in [0.717, 1.165) is 17.8 Å². The lowest BCUT2D eigenvalue weighted by molar-refractivity contribution is 0.0786. The van der Waals surface area contributed by atoms with Crippen LogP contribution in [0.5, 0.6) is 0 Å². The Morgan fingerprint density at radius 3 is 2.82 bits per heavy atom. The highest BCUT2D eigenvalue weighted by molar-refractivity contribution is 5.13. The quantitative estimate of drug-likeness (QED) is 0.659. The van der Waals surface area contributed by atoms with Crippen LogP contribution in [0.15, 0.2) is 24.3 Å². The minimum absolute atomic E-state index is 0.436. The van der Waals surface area contributed by atoms with Crippen LogP contribution in [0.4, 0.5) is 0 Å². The van der Waals surface area contributed by atoms with Crippen LogP contribution in [0.3, 0.4) is 0 Å². The zero-order valence-corrected chi connectivity index (χ0v) is 14.5. The molecule has 3 saturated carbocycles. The maximum atomic E-state index is 6.85. The van der Waals surface area contributed by atoms with Gasteiger partial charge in [0.2, 0.25) is 0 Å².